The first-order valence-corrected chi connectivity index (χ1v) is 21.7. The molecule has 1 saturated heterocycles. The molecule has 2 aromatic carbocycles. The van der Waals surface area contributed by atoms with Crippen LogP contribution >= 0.6 is 12.2 Å². The number of esters is 1. The highest BCUT2D eigenvalue weighted by Gasteiger charge is 2.59. The number of hydrogen-bond donors (Lipinski definition) is 0. The van der Waals surface area contributed by atoms with E-state index in [1.807, 2.05) is 12.1 Å². The number of carbonyl (C=O) groups is 2. The van der Waals surface area contributed by atoms with Crippen molar-refractivity contribution in [2.45, 2.75) is 50.7 Å². The molecule has 1 saturated carbocycles. The highest BCUT2D eigenvalue weighted by atomic mass is 32.1. The van der Waals surface area contributed by atoms with Crippen molar-refractivity contribution in [3.05, 3.63) is 65.0 Å². The number of halogens is 3. The smallest absolute Gasteiger partial charge is 0.407 e. The molecule has 7 nitrogen and oxygen atoms in total. The van der Waals surface area contributed by atoms with E-state index in [2.05, 4.69) is 246 Å². The number of aryl methyl sites for hydroxylation is 1. The van der Waals surface area contributed by atoms with Gasteiger partial charge in [0.1, 0.15) is 5.54 Å². The molecule has 1 aliphatic carbocycles. The summed E-state index contributed by atoms with van der Waals surface area (Å²) in [5.41, 5.74) is -1.05. The summed E-state index contributed by atoms with van der Waals surface area (Å²) in [5.74, 6) is 98.3. The number of anilines is 2. The number of amides is 1. The highest BCUT2D eigenvalue weighted by molar-refractivity contribution is 7.81. The number of carbonyl (C=O) groups excluding carboxylic acids is 2. The van der Waals surface area contributed by atoms with Crippen molar-refractivity contribution in [1.82, 2.24) is 0 Å². The normalized spacial score (nSPS) is 9.70. The zero-order chi connectivity index (χ0) is 55.7. The Morgan fingerprint density at radius 1 is 0.610 bits per heavy atom. The molecule has 1 amide bonds. The molecule has 0 N–H and O–H groups in total. The molecule has 4 rings (SSSR count). The lowest BCUT2D eigenvalue weighted by atomic mass is 9.75. The molecule has 11 heteroatoms. The molecular formula is C66H23F3N4O3S. The molecule has 77 heavy (non-hydrogen) atoms. The Bertz CT molecular complexity index is 4250. The molecule has 0 bridgehead atoms. The van der Waals surface area contributed by atoms with Gasteiger partial charge in [-0.1, -0.05) is 24.1 Å². The molecular weight excluding hydrogens is 986 g/mol. The number of nitrogens with zero attached hydrogens (tertiary/aromatic N) is 4. The first-order valence-electron chi connectivity index (χ1n) is 21.3. The minimum Gasteiger partial charge on any atom is -0.469 e. The maximum Gasteiger partial charge on any atom is 0.407 e. The van der Waals surface area contributed by atoms with Crippen LogP contribution in [-0.2, 0) is 26.9 Å². The lowest BCUT2D eigenvalue weighted by molar-refractivity contribution is -0.140. The lowest BCUT2D eigenvalue weighted by Gasteiger charge is -2.43. The SMILES string of the molecule is CC#CC#CC#CC#CC#CC#CC#CC#CC#CC#CC#CC#CC#CC#CC#CC#CC#CC#CC#CC#CC#N.[C-]#[N+]c1ccc(N2C(=O)C3(CCC3)N(c3ccc(CCC(=O)OC)cc3)C2=S)cc1C(F)(F)F. The third kappa shape index (κ3) is 21.4. The van der Waals surface area contributed by atoms with Crippen molar-refractivity contribution in [1.29, 1.82) is 5.26 Å². The summed E-state index contributed by atoms with van der Waals surface area (Å²) in [4.78, 5) is 30.7. The maximum atomic E-state index is 13.5. The topological polar surface area (TPSA) is 78.0 Å². The van der Waals surface area contributed by atoms with E-state index in [4.69, 9.17) is 24.1 Å². The van der Waals surface area contributed by atoms with Crippen LogP contribution in [0.1, 0.15) is 43.7 Å². The van der Waals surface area contributed by atoms with E-state index in [1.54, 1.807) is 30.0 Å². The van der Waals surface area contributed by atoms with E-state index < -0.39 is 23.0 Å². The Hall–Kier alpha value is -12.8. The maximum absolute atomic E-state index is 13.5. The number of hydrogen-bond acceptors (Lipinski definition) is 5. The summed E-state index contributed by atoms with van der Waals surface area (Å²) in [6.07, 6.45) is -2.18. The van der Waals surface area contributed by atoms with Gasteiger partial charge >= 0.3 is 12.1 Å². The van der Waals surface area contributed by atoms with Crippen LogP contribution in [0.5, 0.6) is 0 Å². The molecule has 0 radical (unpaired) electrons. The summed E-state index contributed by atoms with van der Waals surface area (Å²) in [6.45, 7) is 8.72. The monoisotopic (exact) mass is 1010 g/mol. The van der Waals surface area contributed by atoms with Crippen molar-refractivity contribution < 1.29 is 27.5 Å². The van der Waals surface area contributed by atoms with Gasteiger partial charge in [0, 0.05) is 201 Å². The number of ether oxygens (including phenoxy) is 1. The Morgan fingerprint density at radius 2 is 0.961 bits per heavy atom. The number of rotatable bonds is 5. The summed E-state index contributed by atoms with van der Waals surface area (Å²) < 4.78 is 45.2. The second-order valence-corrected chi connectivity index (χ2v) is 13.8. The van der Waals surface area contributed by atoms with Crippen molar-refractivity contribution >= 4 is 46.3 Å². The third-order valence-electron chi connectivity index (χ3n) is 8.85. The fourth-order valence-electron chi connectivity index (χ4n) is 5.60. The fourth-order valence-corrected chi connectivity index (χ4v) is 6.07. The van der Waals surface area contributed by atoms with Gasteiger partial charge in [0.25, 0.3) is 5.91 Å². The van der Waals surface area contributed by atoms with Crippen LogP contribution in [0.3, 0.4) is 0 Å². The van der Waals surface area contributed by atoms with Gasteiger partial charge in [-0.15, -0.1) is 0 Å². The zero-order valence-corrected chi connectivity index (χ0v) is 40.9. The van der Waals surface area contributed by atoms with E-state index >= 15 is 0 Å². The van der Waals surface area contributed by atoms with Gasteiger partial charge in [0.15, 0.2) is 16.9 Å². The van der Waals surface area contributed by atoms with E-state index in [-0.39, 0.29) is 29.1 Å². The number of thiocarbonyl (C=S) groups is 1. The molecule has 2 aromatic rings. The van der Waals surface area contributed by atoms with Gasteiger partial charge < -0.3 is 9.64 Å². The predicted octanol–water partition coefficient (Wildman–Crippen LogP) is 6.02. The van der Waals surface area contributed by atoms with Gasteiger partial charge in [-0.05, 0) is 122 Å². The van der Waals surface area contributed by atoms with E-state index in [0.29, 0.717) is 24.9 Å². The number of alkyl halides is 3. The fraction of sp³-hybridized carbons (Fsp3) is 0.136. The summed E-state index contributed by atoms with van der Waals surface area (Å²) in [7, 11) is 1.33. The number of nitriles is 1. The first-order chi connectivity index (χ1) is 37.5. The Morgan fingerprint density at radius 3 is 1.26 bits per heavy atom. The predicted molar refractivity (Wildman–Crippen MR) is 290 cm³/mol. The molecule has 1 spiro atoms. The van der Waals surface area contributed by atoms with Crippen LogP contribution in [0.2, 0.25) is 0 Å². The van der Waals surface area contributed by atoms with E-state index in [9.17, 15) is 22.8 Å². The average Bonchev–Trinajstić information content (AvgIpc) is 3.84. The van der Waals surface area contributed by atoms with Gasteiger partial charge in [0.05, 0.1) is 19.2 Å². The summed E-state index contributed by atoms with van der Waals surface area (Å²) in [6, 6.07) is 12.0. The van der Waals surface area contributed by atoms with Gasteiger partial charge in [-0.25, -0.2) is 4.85 Å². The Labute approximate surface area is 452 Å². The number of methoxy groups -OCH3 is 1. The van der Waals surface area contributed by atoms with Crippen LogP contribution in [0.25, 0.3) is 4.85 Å². The third-order valence-corrected chi connectivity index (χ3v) is 9.22. The molecule has 2 fully saturated rings. The highest BCUT2D eigenvalue weighted by Crippen LogP contribution is 2.49. The van der Waals surface area contributed by atoms with Crippen LogP contribution in [-0.4, -0.2) is 29.6 Å². The number of benzene rings is 2. The summed E-state index contributed by atoms with van der Waals surface area (Å²) in [5, 5.41) is 8.27. The van der Waals surface area contributed by atoms with E-state index in [0.717, 1.165) is 29.0 Å². The first kappa shape index (κ1) is 58.6. The summed E-state index contributed by atoms with van der Waals surface area (Å²) >= 11 is 5.61. The molecule has 1 heterocycles. The molecule has 0 aromatic heterocycles. The second-order valence-electron chi connectivity index (χ2n) is 13.4. The average molecular weight is 1010 g/mol. The van der Waals surface area contributed by atoms with Crippen LogP contribution < -0.4 is 9.80 Å². The van der Waals surface area contributed by atoms with Crippen LogP contribution in [0.4, 0.5) is 30.2 Å². The minimum atomic E-state index is -4.74. The quantitative estimate of drug-likeness (QED) is 0.158. The van der Waals surface area contributed by atoms with Gasteiger partial charge in [-0.3, -0.25) is 14.5 Å². The minimum absolute atomic E-state index is 0.0156. The van der Waals surface area contributed by atoms with E-state index in [1.165, 1.54) is 13.2 Å². The van der Waals surface area contributed by atoms with Crippen LogP contribution in [0, 0.1) is 255 Å². The van der Waals surface area contributed by atoms with Crippen molar-refractivity contribution in [2.24, 2.45) is 0 Å². The lowest BCUT2D eigenvalue weighted by Crippen LogP contribution is -2.55. The molecule has 1 aliphatic heterocycles. The second kappa shape index (κ2) is 34.5. The Kier molecular flexibility index (Phi) is 26.3. The van der Waals surface area contributed by atoms with Gasteiger partial charge in [-0.2, -0.15) is 18.4 Å². The zero-order valence-electron chi connectivity index (χ0n) is 40.1. The standard InChI is InChI=1S/C42H3N.C24H20F3N3O3S/c1-2-3-4-5-6-7-8-9-10-11-12-13-14-15-16-17-18-19-20-21-22-23-24-25-26-27-28-29-30-31-32-33-34-35-36-37-38-39-40-41-42-43;1-28-19-10-9-17(14-18(19)24(25,26)27)29-21(32)23(12-3-13-23)30(22(29)34)16-7-4-15(5-8-16)6-11-20(31)33-2/h1H3;4-5,7-10,14H,3,6,11-13H2,2H3. The molecule has 0 unspecified atom stereocenters. The molecule has 2 aliphatic rings. The Balaban J connectivity index is 0.000000414. The molecule has 0 atom stereocenters. The largest absolute Gasteiger partial charge is 0.469 e. The van der Waals surface area contributed by atoms with Crippen molar-refractivity contribution in [2.75, 3.05) is 16.9 Å². The van der Waals surface area contributed by atoms with Crippen molar-refractivity contribution in [3.8, 4) is 243 Å². The van der Waals surface area contributed by atoms with Crippen molar-refractivity contribution in [3.63, 3.8) is 0 Å². The molecule has 352 valence electrons. The van der Waals surface area contributed by atoms with Crippen LogP contribution in [0.15, 0.2) is 42.5 Å². The van der Waals surface area contributed by atoms with Gasteiger partial charge in [0.2, 0.25) is 0 Å².